The molecule has 0 radical (unpaired) electrons. The molecule has 2 aromatic rings. The van der Waals surface area contributed by atoms with E-state index in [1.165, 1.54) is 10.7 Å². The number of aliphatic hydroxyl groups is 3. The first-order valence-corrected chi connectivity index (χ1v) is 4.98. The van der Waals surface area contributed by atoms with Crippen LogP contribution >= 0.6 is 11.6 Å². The molecule has 0 bridgehead atoms. The highest BCUT2D eigenvalue weighted by Crippen LogP contribution is 2.18. The summed E-state index contributed by atoms with van der Waals surface area (Å²) in [5, 5.41) is 32.0. The molecule has 2 atom stereocenters. The predicted octanol–water partition coefficient (Wildman–Crippen LogP) is -0.231. The highest BCUT2D eigenvalue weighted by atomic mass is 35.5. The van der Waals surface area contributed by atoms with Crippen LogP contribution in [0.2, 0.25) is 5.15 Å². The monoisotopic (exact) mass is 243 g/mol. The normalized spacial score (nSPS) is 15.2. The molecule has 2 heterocycles. The van der Waals surface area contributed by atoms with E-state index >= 15 is 0 Å². The molecule has 0 aliphatic heterocycles. The van der Waals surface area contributed by atoms with Gasteiger partial charge in [0.2, 0.25) is 0 Å². The van der Waals surface area contributed by atoms with Crippen molar-refractivity contribution < 1.29 is 15.3 Å². The number of aromatic nitrogens is 3. The van der Waals surface area contributed by atoms with Crippen molar-refractivity contribution in [2.24, 2.45) is 0 Å². The summed E-state index contributed by atoms with van der Waals surface area (Å²) in [5.41, 5.74) is 0.780. The minimum absolute atomic E-state index is 0.248. The van der Waals surface area contributed by atoms with E-state index in [-0.39, 0.29) is 10.8 Å². The van der Waals surface area contributed by atoms with Crippen LogP contribution in [0.3, 0.4) is 0 Å². The molecule has 0 aliphatic carbocycles. The van der Waals surface area contributed by atoms with Crippen LogP contribution in [0.4, 0.5) is 0 Å². The van der Waals surface area contributed by atoms with Crippen molar-refractivity contribution in [2.45, 2.75) is 12.2 Å². The third-order valence-electron chi connectivity index (χ3n) is 2.21. The molecule has 0 aliphatic rings. The summed E-state index contributed by atoms with van der Waals surface area (Å²) in [6.07, 6.45) is -1.16. The second-order valence-corrected chi connectivity index (χ2v) is 3.69. The number of halogens is 1. The van der Waals surface area contributed by atoms with Crippen LogP contribution in [0.1, 0.15) is 11.8 Å². The van der Waals surface area contributed by atoms with Gasteiger partial charge in [0.15, 0.2) is 5.65 Å². The van der Waals surface area contributed by atoms with E-state index in [4.69, 9.17) is 16.7 Å². The first-order valence-electron chi connectivity index (χ1n) is 4.60. The Morgan fingerprint density at radius 2 is 2.12 bits per heavy atom. The Kier molecular flexibility index (Phi) is 3.06. The molecule has 16 heavy (non-hydrogen) atoms. The van der Waals surface area contributed by atoms with Gasteiger partial charge in [-0.1, -0.05) is 11.6 Å². The average Bonchev–Trinajstić information content (AvgIpc) is 2.69. The Morgan fingerprint density at radius 1 is 1.38 bits per heavy atom. The number of rotatable bonds is 3. The third kappa shape index (κ3) is 1.88. The molecule has 3 N–H and O–H groups in total. The lowest BCUT2D eigenvalue weighted by molar-refractivity contribution is -0.0180. The van der Waals surface area contributed by atoms with Gasteiger partial charge < -0.3 is 15.3 Å². The third-order valence-corrected chi connectivity index (χ3v) is 2.41. The molecule has 6 nitrogen and oxygen atoms in total. The van der Waals surface area contributed by atoms with E-state index < -0.39 is 18.8 Å². The lowest BCUT2D eigenvalue weighted by Crippen LogP contribution is -2.23. The van der Waals surface area contributed by atoms with E-state index in [2.05, 4.69) is 10.1 Å². The molecule has 7 heteroatoms. The van der Waals surface area contributed by atoms with Gasteiger partial charge in [-0.2, -0.15) is 5.10 Å². The summed E-state index contributed by atoms with van der Waals surface area (Å²) in [6.45, 7) is -0.547. The van der Waals surface area contributed by atoms with Gasteiger partial charge in [-0.25, -0.2) is 9.50 Å². The van der Waals surface area contributed by atoms with Crippen LogP contribution in [-0.4, -0.2) is 42.6 Å². The molecule has 0 aromatic carbocycles. The van der Waals surface area contributed by atoms with Crippen molar-refractivity contribution >= 4 is 17.2 Å². The van der Waals surface area contributed by atoms with Crippen molar-refractivity contribution in [3.8, 4) is 0 Å². The molecule has 0 spiro atoms. The fraction of sp³-hybridized carbons (Fsp3) is 0.333. The zero-order valence-corrected chi connectivity index (χ0v) is 8.91. The molecular formula is C9H10ClN3O3. The van der Waals surface area contributed by atoms with Gasteiger partial charge in [-0.15, -0.1) is 0 Å². The fourth-order valence-electron chi connectivity index (χ4n) is 1.37. The number of hydrogen-bond donors (Lipinski definition) is 3. The van der Waals surface area contributed by atoms with E-state index in [1.54, 1.807) is 12.1 Å². The Labute approximate surface area is 95.7 Å². The highest BCUT2D eigenvalue weighted by molar-refractivity contribution is 6.29. The minimum atomic E-state index is -1.28. The van der Waals surface area contributed by atoms with Crippen LogP contribution in [0.5, 0.6) is 0 Å². The SMILES string of the molecule is OCC(O)C(O)c1cnc2ccc(Cl)nn12. The van der Waals surface area contributed by atoms with E-state index in [0.717, 1.165) is 0 Å². The largest absolute Gasteiger partial charge is 0.394 e. The summed E-state index contributed by atoms with van der Waals surface area (Å²) in [6, 6.07) is 3.21. The Balaban J connectivity index is 2.48. The maximum absolute atomic E-state index is 9.71. The van der Waals surface area contributed by atoms with Crippen LogP contribution in [-0.2, 0) is 0 Å². The van der Waals surface area contributed by atoms with E-state index in [9.17, 15) is 10.2 Å². The average molecular weight is 244 g/mol. The minimum Gasteiger partial charge on any atom is -0.394 e. The highest BCUT2D eigenvalue weighted by Gasteiger charge is 2.21. The lowest BCUT2D eigenvalue weighted by Gasteiger charge is -2.14. The van der Waals surface area contributed by atoms with Crippen molar-refractivity contribution in [3.63, 3.8) is 0 Å². The van der Waals surface area contributed by atoms with Crippen LogP contribution in [0.15, 0.2) is 18.3 Å². The number of imidazole rings is 1. The second kappa shape index (κ2) is 4.34. The van der Waals surface area contributed by atoms with E-state index in [0.29, 0.717) is 5.65 Å². The van der Waals surface area contributed by atoms with E-state index in [1.807, 2.05) is 0 Å². The van der Waals surface area contributed by atoms with Gasteiger partial charge in [-0.05, 0) is 12.1 Å². The topological polar surface area (TPSA) is 90.9 Å². The summed E-state index contributed by atoms with van der Waals surface area (Å²) >= 11 is 5.71. The van der Waals surface area contributed by atoms with Gasteiger partial charge in [0.1, 0.15) is 17.4 Å². The fourth-order valence-corrected chi connectivity index (χ4v) is 1.51. The molecule has 2 aromatic heterocycles. The maximum Gasteiger partial charge on any atom is 0.153 e. The Hall–Kier alpha value is -1.21. The molecule has 0 saturated carbocycles. The van der Waals surface area contributed by atoms with Gasteiger partial charge >= 0.3 is 0 Å². The molecule has 0 fully saturated rings. The van der Waals surface area contributed by atoms with Crippen molar-refractivity contribution in [1.82, 2.24) is 14.6 Å². The van der Waals surface area contributed by atoms with Crippen LogP contribution in [0, 0.1) is 0 Å². The zero-order chi connectivity index (χ0) is 11.7. The van der Waals surface area contributed by atoms with Gasteiger partial charge in [-0.3, -0.25) is 0 Å². The van der Waals surface area contributed by atoms with Crippen molar-refractivity contribution in [2.75, 3.05) is 6.61 Å². The smallest absolute Gasteiger partial charge is 0.153 e. The molecule has 2 rings (SSSR count). The summed E-state index contributed by atoms with van der Waals surface area (Å²) in [5.74, 6) is 0. The molecule has 2 unspecified atom stereocenters. The van der Waals surface area contributed by atoms with Crippen LogP contribution in [0.25, 0.3) is 5.65 Å². The Morgan fingerprint density at radius 3 is 2.81 bits per heavy atom. The first-order chi connectivity index (χ1) is 7.63. The second-order valence-electron chi connectivity index (χ2n) is 3.30. The summed E-state index contributed by atoms with van der Waals surface area (Å²) < 4.78 is 1.33. The Bertz CT molecular complexity index is 502. The number of nitrogens with zero attached hydrogens (tertiary/aromatic N) is 3. The summed E-state index contributed by atoms with van der Waals surface area (Å²) in [7, 11) is 0. The standard InChI is InChI=1S/C9H10ClN3O3/c10-7-1-2-8-11-3-5(13(8)12-7)9(16)6(15)4-14/h1-3,6,9,14-16H,4H2. The lowest BCUT2D eigenvalue weighted by atomic mass is 10.1. The maximum atomic E-state index is 9.71. The summed E-state index contributed by atoms with van der Waals surface area (Å²) in [4.78, 5) is 3.99. The van der Waals surface area contributed by atoms with Gasteiger partial charge in [0.25, 0.3) is 0 Å². The van der Waals surface area contributed by atoms with Gasteiger partial charge in [0, 0.05) is 0 Å². The number of aliphatic hydroxyl groups excluding tert-OH is 3. The molecule has 0 amide bonds. The van der Waals surface area contributed by atoms with Gasteiger partial charge in [0.05, 0.1) is 18.5 Å². The number of fused-ring (bicyclic) bond motifs is 1. The quantitative estimate of drug-likeness (QED) is 0.693. The zero-order valence-electron chi connectivity index (χ0n) is 8.16. The first kappa shape index (κ1) is 11.3. The van der Waals surface area contributed by atoms with Crippen LogP contribution < -0.4 is 0 Å². The molecular weight excluding hydrogens is 234 g/mol. The number of hydrogen-bond acceptors (Lipinski definition) is 5. The predicted molar refractivity (Wildman–Crippen MR) is 56.0 cm³/mol. The van der Waals surface area contributed by atoms with Crippen molar-refractivity contribution in [1.29, 1.82) is 0 Å². The molecule has 86 valence electrons. The molecule has 0 saturated heterocycles. The van der Waals surface area contributed by atoms with Crippen molar-refractivity contribution in [3.05, 3.63) is 29.2 Å².